The molecular weight excluding hydrogens is 394 g/mol. The summed E-state index contributed by atoms with van der Waals surface area (Å²) in [6.07, 6.45) is 1.57. The monoisotopic (exact) mass is 419 g/mol. The van der Waals surface area contributed by atoms with Gasteiger partial charge in [0.05, 0.1) is 31.1 Å². The minimum atomic E-state index is -0.0621. The second-order valence-electron chi connectivity index (χ2n) is 7.37. The SMILES string of the molecule is COc1ccc(-c2[nH]ncc2C(=O)N2CCN(CC(=O)Nc3ccccc3)CC2)cc1. The molecule has 3 aromatic rings. The third-order valence-corrected chi connectivity index (χ3v) is 5.33. The van der Waals surface area contributed by atoms with Gasteiger partial charge in [0.2, 0.25) is 5.91 Å². The fraction of sp³-hybridized carbons (Fsp3) is 0.261. The Bertz CT molecular complexity index is 1020. The lowest BCUT2D eigenvalue weighted by molar-refractivity contribution is -0.117. The number of para-hydroxylation sites is 1. The van der Waals surface area contributed by atoms with Crippen molar-refractivity contribution in [3.8, 4) is 17.0 Å². The van der Waals surface area contributed by atoms with Crippen LogP contribution in [0.5, 0.6) is 5.75 Å². The van der Waals surface area contributed by atoms with Gasteiger partial charge in [0, 0.05) is 37.4 Å². The van der Waals surface area contributed by atoms with Crippen molar-refractivity contribution in [2.24, 2.45) is 0 Å². The maximum Gasteiger partial charge on any atom is 0.257 e. The summed E-state index contributed by atoms with van der Waals surface area (Å²) >= 11 is 0. The third-order valence-electron chi connectivity index (χ3n) is 5.33. The van der Waals surface area contributed by atoms with Gasteiger partial charge in [-0.2, -0.15) is 5.10 Å². The molecule has 2 heterocycles. The van der Waals surface area contributed by atoms with Gasteiger partial charge in [-0.1, -0.05) is 18.2 Å². The first-order valence-electron chi connectivity index (χ1n) is 10.2. The Balaban J connectivity index is 1.33. The standard InChI is InChI=1S/C23H25N5O3/c1-31-19-9-7-17(8-10-19)22-20(15-24-26-22)23(30)28-13-11-27(12-14-28)16-21(29)25-18-5-3-2-4-6-18/h2-10,15H,11-14,16H2,1H3,(H,24,26)(H,25,29). The van der Waals surface area contributed by atoms with Gasteiger partial charge in [-0.25, -0.2) is 0 Å². The predicted molar refractivity (Wildman–Crippen MR) is 118 cm³/mol. The molecule has 2 amide bonds. The fourth-order valence-electron chi connectivity index (χ4n) is 3.63. The van der Waals surface area contributed by atoms with Gasteiger partial charge in [-0.15, -0.1) is 0 Å². The van der Waals surface area contributed by atoms with Crippen molar-refractivity contribution in [1.29, 1.82) is 0 Å². The smallest absolute Gasteiger partial charge is 0.257 e. The number of carbonyl (C=O) groups excluding carboxylic acids is 2. The second-order valence-corrected chi connectivity index (χ2v) is 7.37. The number of aromatic nitrogens is 2. The van der Waals surface area contributed by atoms with E-state index >= 15 is 0 Å². The number of piperazine rings is 1. The summed E-state index contributed by atoms with van der Waals surface area (Å²) in [6, 6.07) is 16.9. The number of rotatable bonds is 6. The van der Waals surface area contributed by atoms with Crippen molar-refractivity contribution < 1.29 is 14.3 Å². The number of nitrogens with zero attached hydrogens (tertiary/aromatic N) is 3. The zero-order valence-electron chi connectivity index (χ0n) is 17.4. The van der Waals surface area contributed by atoms with Gasteiger partial charge >= 0.3 is 0 Å². The van der Waals surface area contributed by atoms with Crippen LogP contribution < -0.4 is 10.1 Å². The second kappa shape index (κ2) is 9.44. The van der Waals surface area contributed by atoms with Crippen molar-refractivity contribution in [1.82, 2.24) is 20.0 Å². The Kier molecular flexibility index (Phi) is 6.28. The van der Waals surface area contributed by atoms with Crippen molar-refractivity contribution in [3.63, 3.8) is 0 Å². The minimum Gasteiger partial charge on any atom is -0.497 e. The van der Waals surface area contributed by atoms with Crippen LogP contribution in [-0.4, -0.2) is 71.6 Å². The molecule has 1 aromatic heterocycles. The first kappa shape index (κ1) is 20.6. The van der Waals surface area contributed by atoms with E-state index in [9.17, 15) is 9.59 Å². The van der Waals surface area contributed by atoms with E-state index in [1.165, 1.54) is 0 Å². The van der Waals surface area contributed by atoms with E-state index in [0.717, 1.165) is 17.0 Å². The number of H-pyrrole nitrogens is 1. The number of anilines is 1. The third kappa shape index (κ3) is 4.92. The maximum atomic E-state index is 13.1. The van der Waals surface area contributed by atoms with Gasteiger partial charge in [0.15, 0.2) is 0 Å². The summed E-state index contributed by atoms with van der Waals surface area (Å²) in [5.41, 5.74) is 2.89. The molecule has 0 radical (unpaired) electrons. The Hall–Kier alpha value is -3.65. The zero-order chi connectivity index (χ0) is 21.6. The number of amides is 2. The molecule has 8 nitrogen and oxygen atoms in total. The van der Waals surface area contributed by atoms with Crippen molar-refractivity contribution in [2.45, 2.75) is 0 Å². The molecule has 0 atom stereocenters. The number of methoxy groups -OCH3 is 1. The molecule has 4 rings (SSSR count). The fourth-order valence-corrected chi connectivity index (χ4v) is 3.63. The van der Waals surface area contributed by atoms with Crippen LogP contribution in [0.15, 0.2) is 60.8 Å². The quantitative estimate of drug-likeness (QED) is 0.641. The highest BCUT2D eigenvalue weighted by atomic mass is 16.5. The summed E-state index contributed by atoms with van der Waals surface area (Å²) in [5.74, 6) is 0.638. The molecule has 31 heavy (non-hydrogen) atoms. The van der Waals surface area contributed by atoms with E-state index < -0.39 is 0 Å². The van der Waals surface area contributed by atoms with E-state index in [2.05, 4.69) is 20.4 Å². The van der Waals surface area contributed by atoms with Crippen LogP contribution in [0.3, 0.4) is 0 Å². The lowest BCUT2D eigenvalue weighted by atomic mass is 10.1. The average Bonchev–Trinajstić information content (AvgIpc) is 3.30. The number of nitrogens with one attached hydrogen (secondary N) is 2. The molecular formula is C23H25N5O3. The molecule has 2 aromatic carbocycles. The summed E-state index contributed by atoms with van der Waals surface area (Å²) in [7, 11) is 1.62. The number of carbonyl (C=O) groups is 2. The molecule has 0 unspecified atom stereocenters. The van der Waals surface area contributed by atoms with Crippen LogP contribution in [0.1, 0.15) is 10.4 Å². The highest BCUT2D eigenvalue weighted by Crippen LogP contribution is 2.25. The van der Waals surface area contributed by atoms with Crippen LogP contribution in [0, 0.1) is 0 Å². The summed E-state index contributed by atoms with van der Waals surface area (Å²) in [4.78, 5) is 29.2. The molecule has 2 N–H and O–H groups in total. The average molecular weight is 419 g/mol. The maximum absolute atomic E-state index is 13.1. The Morgan fingerprint density at radius 3 is 2.42 bits per heavy atom. The first-order chi connectivity index (χ1) is 15.1. The predicted octanol–water partition coefficient (Wildman–Crippen LogP) is 2.48. The van der Waals surface area contributed by atoms with E-state index in [-0.39, 0.29) is 11.8 Å². The summed E-state index contributed by atoms with van der Waals surface area (Å²) in [6.45, 7) is 2.71. The van der Waals surface area contributed by atoms with E-state index in [0.29, 0.717) is 44.0 Å². The number of aromatic amines is 1. The van der Waals surface area contributed by atoms with Crippen LogP contribution in [0.2, 0.25) is 0 Å². The largest absolute Gasteiger partial charge is 0.497 e. The Morgan fingerprint density at radius 2 is 1.74 bits per heavy atom. The minimum absolute atomic E-state index is 0.0531. The molecule has 0 bridgehead atoms. The lowest BCUT2D eigenvalue weighted by Gasteiger charge is -2.34. The molecule has 1 aliphatic heterocycles. The van der Waals surface area contributed by atoms with Gasteiger partial charge in [-0.05, 0) is 36.4 Å². The normalized spacial score (nSPS) is 14.3. The lowest BCUT2D eigenvalue weighted by Crippen LogP contribution is -2.50. The molecule has 160 valence electrons. The highest BCUT2D eigenvalue weighted by molar-refractivity contribution is 6.00. The summed E-state index contributed by atoms with van der Waals surface area (Å²) < 4.78 is 5.20. The van der Waals surface area contributed by atoms with Crippen molar-refractivity contribution >= 4 is 17.5 Å². The molecule has 1 aliphatic rings. The zero-order valence-corrected chi connectivity index (χ0v) is 17.4. The number of hydrogen-bond donors (Lipinski definition) is 2. The molecule has 1 fully saturated rings. The van der Waals surface area contributed by atoms with Gasteiger partial charge in [0.1, 0.15) is 5.75 Å². The molecule has 0 saturated carbocycles. The highest BCUT2D eigenvalue weighted by Gasteiger charge is 2.26. The van der Waals surface area contributed by atoms with Crippen LogP contribution in [0.25, 0.3) is 11.3 Å². The number of benzene rings is 2. The topological polar surface area (TPSA) is 90.6 Å². The van der Waals surface area contributed by atoms with E-state index in [4.69, 9.17) is 4.74 Å². The van der Waals surface area contributed by atoms with Crippen LogP contribution in [-0.2, 0) is 4.79 Å². The van der Waals surface area contributed by atoms with Crippen molar-refractivity contribution in [3.05, 3.63) is 66.4 Å². The molecule has 1 saturated heterocycles. The van der Waals surface area contributed by atoms with Gasteiger partial charge < -0.3 is 15.0 Å². The van der Waals surface area contributed by atoms with Crippen LogP contribution >= 0.6 is 0 Å². The number of hydrogen-bond acceptors (Lipinski definition) is 5. The number of ether oxygens (including phenoxy) is 1. The van der Waals surface area contributed by atoms with Gasteiger partial charge in [-0.3, -0.25) is 19.6 Å². The van der Waals surface area contributed by atoms with E-state index in [1.807, 2.05) is 59.5 Å². The first-order valence-corrected chi connectivity index (χ1v) is 10.2. The Labute approximate surface area is 180 Å². The Morgan fingerprint density at radius 1 is 1.03 bits per heavy atom. The molecule has 0 spiro atoms. The van der Waals surface area contributed by atoms with Crippen LogP contribution in [0.4, 0.5) is 5.69 Å². The molecule has 0 aliphatic carbocycles. The van der Waals surface area contributed by atoms with E-state index in [1.54, 1.807) is 13.3 Å². The summed E-state index contributed by atoms with van der Waals surface area (Å²) in [5, 5.41) is 9.92. The van der Waals surface area contributed by atoms with Gasteiger partial charge in [0.25, 0.3) is 5.91 Å². The molecule has 8 heteroatoms. The van der Waals surface area contributed by atoms with Crippen molar-refractivity contribution in [2.75, 3.05) is 45.2 Å².